The highest BCUT2D eigenvalue weighted by Gasteiger charge is 2.21. The number of imidazole rings is 1. The van der Waals surface area contributed by atoms with E-state index >= 15 is 0 Å². The second-order valence-electron chi connectivity index (χ2n) is 8.59. The molecule has 1 aromatic heterocycles. The van der Waals surface area contributed by atoms with Crippen LogP contribution in [0.5, 0.6) is 5.75 Å². The first-order chi connectivity index (χ1) is 18.2. The number of hydrogen-bond donors (Lipinski definition) is 0. The molecule has 0 aliphatic heterocycles. The maximum Gasteiger partial charge on any atom is 0.344 e. The second kappa shape index (κ2) is 12.1. The minimum Gasteiger partial charge on any atom is -0.482 e. The lowest BCUT2D eigenvalue weighted by Gasteiger charge is -2.13. The summed E-state index contributed by atoms with van der Waals surface area (Å²) in [6.45, 7) is 1.98. The number of aromatic nitrogens is 2. The van der Waals surface area contributed by atoms with E-state index in [0.29, 0.717) is 12.4 Å². The molecule has 38 heavy (non-hydrogen) atoms. The van der Waals surface area contributed by atoms with Crippen LogP contribution in [0.25, 0.3) is 45.0 Å². The van der Waals surface area contributed by atoms with Gasteiger partial charge in [0.1, 0.15) is 11.6 Å². The van der Waals surface area contributed by atoms with Crippen LogP contribution in [0.2, 0.25) is 0 Å². The van der Waals surface area contributed by atoms with Crippen molar-refractivity contribution in [2.45, 2.75) is 14.4 Å². The molecular formula is C33H32N2O3. The molecule has 0 amide bonds. The lowest BCUT2D eigenvalue weighted by atomic mass is 9.99. The molecule has 5 aromatic rings. The highest BCUT2D eigenvalue weighted by Crippen LogP contribution is 2.39. The average molecular weight is 505 g/mol. The van der Waals surface area contributed by atoms with E-state index in [1.807, 2.05) is 72.8 Å². The fourth-order valence-corrected chi connectivity index (χ4v) is 4.49. The van der Waals surface area contributed by atoms with E-state index in [1.54, 1.807) is 6.92 Å². The summed E-state index contributed by atoms with van der Waals surface area (Å²) in [7, 11) is 2.06. The van der Waals surface area contributed by atoms with Crippen molar-refractivity contribution in [2.24, 2.45) is 7.05 Å². The highest BCUT2D eigenvalue weighted by molar-refractivity contribution is 5.87. The minimum atomic E-state index is -0.386. The van der Waals surface area contributed by atoms with E-state index in [9.17, 15) is 4.79 Å². The molecule has 0 aliphatic carbocycles. The molecule has 1 heterocycles. The number of carbonyl (C=O) groups excluding carboxylic acids is 1. The van der Waals surface area contributed by atoms with Crippen LogP contribution < -0.4 is 4.74 Å². The van der Waals surface area contributed by atoms with Gasteiger partial charge in [-0.2, -0.15) is 0 Å². The van der Waals surface area contributed by atoms with Crippen molar-refractivity contribution < 1.29 is 14.3 Å². The van der Waals surface area contributed by atoms with Gasteiger partial charge >= 0.3 is 5.97 Å². The lowest BCUT2D eigenvalue weighted by molar-refractivity contribution is -0.145. The molecule has 0 bridgehead atoms. The molecule has 0 saturated heterocycles. The van der Waals surface area contributed by atoms with E-state index in [0.717, 1.165) is 45.0 Å². The monoisotopic (exact) mass is 504 g/mol. The Bertz CT molecular complexity index is 1510. The summed E-state index contributed by atoms with van der Waals surface area (Å²) in [5, 5.41) is 0. The van der Waals surface area contributed by atoms with Gasteiger partial charge in [0.05, 0.1) is 18.0 Å². The van der Waals surface area contributed by atoms with Crippen LogP contribution in [0.4, 0.5) is 0 Å². The Morgan fingerprint density at radius 1 is 0.763 bits per heavy atom. The zero-order valence-electron chi connectivity index (χ0n) is 20.9. The van der Waals surface area contributed by atoms with E-state index in [4.69, 9.17) is 14.5 Å². The molecule has 0 aliphatic rings. The Kier molecular flexibility index (Phi) is 8.39. The molecule has 0 N–H and O–H groups in total. The van der Waals surface area contributed by atoms with Gasteiger partial charge in [0.25, 0.3) is 0 Å². The lowest BCUT2D eigenvalue weighted by Crippen LogP contribution is -2.14. The third-order valence-electron chi connectivity index (χ3n) is 6.16. The smallest absolute Gasteiger partial charge is 0.344 e. The number of nitrogens with zero attached hydrogens (tertiary/aromatic N) is 2. The van der Waals surface area contributed by atoms with Crippen LogP contribution in [0.15, 0.2) is 109 Å². The molecule has 5 nitrogen and oxygen atoms in total. The Morgan fingerprint density at radius 3 is 2.05 bits per heavy atom. The summed E-state index contributed by atoms with van der Waals surface area (Å²) in [5.74, 6) is 1.09. The Hall–Kier alpha value is -4.64. The van der Waals surface area contributed by atoms with Gasteiger partial charge < -0.3 is 14.0 Å². The highest BCUT2D eigenvalue weighted by atomic mass is 16.6. The molecule has 0 unspecified atom stereocenters. The number of benzene rings is 4. The summed E-state index contributed by atoms with van der Waals surface area (Å²) in [6, 6.07) is 36.6. The maximum atomic E-state index is 11.8. The first-order valence-corrected chi connectivity index (χ1v) is 12.3. The van der Waals surface area contributed by atoms with Crippen molar-refractivity contribution in [2.75, 3.05) is 13.2 Å². The average Bonchev–Trinajstić information content (AvgIpc) is 3.30. The van der Waals surface area contributed by atoms with Gasteiger partial charge in [-0.3, -0.25) is 0 Å². The largest absolute Gasteiger partial charge is 0.482 e. The van der Waals surface area contributed by atoms with Crippen LogP contribution in [0.3, 0.4) is 0 Å². The molecule has 0 fully saturated rings. The van der Waals surface area contributed by atoms with Crippen molar-refractivity contribution in [3.8, 4) is 50.8 Å². The SMILES string of the molecule is C.CCOC(=O)COc1cccc(-c2ccccc2-c2nc(-c3ccccc3)c(-c3ccccc3)n2C)c1. The van der Waals surface area contributed by atoms with Gasteiger partial charge in [0.15, 0.2) is 6.61 Å². The predicted octanol–water partition coefficient (Wildman–Crippen LogP) is 7.67. The predicted molar refractivity (Wildman–Crippen MR) is 154 cm³/mol. The van der Waals surface area contributed by atoms with Gasteiger partial charge in [0.2, 0.25) is 0 Å². The van der Waals surface area contributed by atoms with Crippen LogP contribution in [-0.4, -0.2) is 28.7 Å². The number of esters is 1. The third-order valence-corrected chi connectivity index (χ3v) is 6.16. The van der Waals surface area contributed by atoms with Crippen molar-refractivity contribution >= 4 is 5.97 Å². The van der Waals surface area contributed by atoms with E-state index in [2.05, 4.69) is 48.0 Å². The van der Waals surface area contributed by atoms with Crippen LogP contribution in [0, 0.1) is 0 Å². The van der Waals surface area contributed by atoms with Gasteiger partial charge in [-0.25, -0.2) is 9.78 Å². The second-order valence-corrected chi connectivity index (χ2v) is 8.59. The van der Waals surface area contributed by atoms with Crippen LogP contribution in [-0.2, 0) is 16.6 Å². The fraction of sp³-hybridized carbons (Fsp3) is 0.152. The number of ether oxygens (including phenoxy) is 2. The normalized spacial score (nSPS) is 10.5. The first-order valence-electron chi connectivity index (χ1n) is 12.3. The summed E-state index contributed by atoms with van der Waals surface area (Å²) < 4.78 is 12.8. The minimum absolute atomic E-state index is 0. The van der Waals surface area contributed by atoms with E-state index in [1.165, 1.54) is 0 Å². The Balaban J connectivity index is 0.00000336. The molecule has 0 radical (unpaired) electrons. The summed E-state index contributed by atoms with van der Waals surface area (Å²) in [4.78, 5) is 16.9. The molecule has 0 atom stereocenters. The fourth-order valence-electron chi connectivity index (χ4n) is 4.49. The van der Waals surface area contributed by atoms with Crippen molar-refractivity contribution in [1.29, 1.82) is 0 Å². The van der Waals surface area contributed by atoms with E-state index < -0.39 is 0 Å². The third kappa shape index (κ3) is 5.52. The van der Waals surface area contributed by atoms with Gasteiger partial charge in [-0.15, -0.1) is 0 Å². The summed E-state index contributed by atoms with van der Waals surface area (Å²) >= 11 is 0. The Morgan fingerprint density at radius 2 is 1.37 bits per heavy atom. The number of rotatable bonds is 8. The van der Waals surface area contributed by atoms with Gasteiger partial charge in [0, 0.05) is 23.7 Å². The number of hydrogen-bond acceptors (Lipinski definition) is 4. The van der Waals surface area contributed by atoms with E-state index in [-0.39, 0.29) is 20.0 Å². The van der Waals surface area contributed by atoms with Crippen molar-refractivity contribution in [1.82, 2.24) is 9.55 Å². The molecule has 0 saturated carbocycles. The standard InChI is InChI=1S/C32H28N2O3.CH4/c1-3-36-29(35)22-37-26-18-12-17-25(21-26)27-19-10-11-20-28(27)32-33-30(23-13-6-4-7-14-23)31(34(32)2)24-15-8-5-9-16-24;/h4-21H,3,22H2,1-2H3;1H4. The maximum absolute atomic E-state index is 11.8. The topological polar surface area (TPSA) is 53.4 Å². The first kappa shape index (κ1) is 26.4. The number of carbonyl (C=O) groups is 1. The van der Waals surface area contributed by atoms with Crippen molar-refractivity contribution in [3.05, 3.63) is 109 Å². The van der Waals surface area contributed by atoms with Crippen molar-refractivity contribution in [3.63, 3.8) is 0 Å². The zero-order chi connectivity index (χ0) is 25.6. The molecule has 0 spiro atoms. The quantitative estimate of drug-likeness (QED) is 0.204. The summed E-state index contributed by atoms with van der Waals surface area (Å²) in [5.41, 5.74) is 7.17. The van der Waals surface area contributed by atoms with Gasteiger partial charge in [-0.05, 0) is 30.2 Å². The molecule has 5 rings (SSSR count). The van der Waals surface area contributed by atoms with Gasteiger partial charge in [-0.1, -0.05) is 104 Å². The molecule has 192 valence electrons. The molecule has 5 heteroatoms. The van der Waals surface area contributed by atoms with Crippen LogP contribution in [0.1, 0.15) is 14.4 Å². The zero-order valence-corrected chi connectivity index (χ0v) is 20.9. The van der Waals surface area contributed by atoms with Crippen LogP contribution >= 0.6 is 0 Å². The summed E-state index contributed by atoms with van der Waals surface area (Å²) in [6.07, 6.45) is 0. The molecular weight excluding hydrogens is 472 g/mol. The molecule has 4 aromatic carbocycles. The Labute approximate surface area is 224 Å².